The normalized spacial score (nSPS) is 16.0. The Kier molecular flexibility index (Phi) is 3.88. The van der Waals surface area contributed by atoms with Crippen molar-refractivity contribution < 1.29 is 13.6 Å². The van der Waals surface area contributed by atoms with Crippen molar-refractivity contribution in [3.8, 4) is 0 Å². The first-order chi connectivity index (χ1) is 13.6. The van der Waals surface area contributed by atoms with Gasteiger partial charge in [-0.1, -0.05) is 45.5 Å². The average molecular weight is 458 g/mol. The van der Waals surface area contributed by atoms with Crippen molar-refractivity contribution in [2.45, 2.75) is 6.04 Å². The number of hydrogen-bond donors (Lipinski definition) is 0. The number of hydrogen-bond acceptors (Lipinski definition) is 6. The Bertz CT molecular complexity index is 1310. The van der Waals surface area contributed by atoms with E-state index in [-0.39, 0.29) is 33.0 Å². The summed E-state index contributed by atoms with van der Waals surface area (Å²) in [4.78, 5) is 27.7. The fraction of sp³-hybridized carbons (Fsp3) is 0.0526. The standard InChI is InChI=1S/C19H9BrFN3O3S/c20-9-5-6-13-11(7-9)16(25)14-15(10-3-1-2-4-12(10)21)24(18(26)17(14)27-13)19-23-22-8-28-19/h1-8,15H. The molecule has 1 unspecified atom stereocenters. The summed E-state index contributed by atoms with van der Waals surface area (Å²) < 4.78 is 21.2. The van der Waals surface area contributed by atoms with Gasteiger partial charge in [-0.2, -0.15) is 0 Å². The Balaban J connectivity index is 1.87. The van der Waals surface area contributed by atoms with Gasteiger partial charge in [0, 0.05) is 10.0 Å². The van der Waals surface area contributed by atoms with Crippen LogP contribution in [0.2, 0.25) is 0 Å². The first-order valence-electron chi connectivity index (χ1n) is 8.16. The minimum Gasteiger partial charge on any atom is -0.450 e. The molecule has 138 valence electrons. The predicted molar refractivity (Wildman–Crippen MR) is 105 cm³/mol. The van der Waals surface area contributed by atoms with Crippen molar-refractivity contribution in [3.05, 3.63) is 85.4 Å². The number of amides is 1. The van der Waals surface area contributed by atoms with E-state index in [1.54, 1.807) is 36.4 Å². The zero-order valence-electron chi connectivity index (χ0n) is 13.9. The molecule has 1 aliphatic rings. The van der Waals surface area contributed by atoms with E-state index in [1.807, 2.05) is 0 Å². The molecule has 5 rings (SSSR count). The van der Waals surface area contributed by atoms with Gasteiger partial charge in [0.25, 0.3) is 5.91 Å². The van der Waals surface area contributed by atoms with E-state index in [0.717, 1.165) is 11.3 Å². The number of anilines is 1. The van der Waals surface area contributed by atoms with Crippen LogP contribution in [0.25, 0.3) is 11.0 Å². The van der Waals surface area contributed by atoms with Crippen molar-refractivity contribution in [1.82, 2.24) is 10.2 Å². The lowest BCUT2D eigenvalue weighted by Gasteiger charge is -2.22. The van der Waals surface area contributed by atoms with Crippen LogP contribution in [-0.4, -0.2) is 16.1 Å². The van der Waals surface area contributed by atoms with Crippen LogP contribution in [0.3, 0.4) is 0 Å². The Morgan fingerprint density at radius 3 is 2.75 bits per heavy atom. The molecule has 0 aliphatic carbocycles. The summed E-state index contributed by atoms with van der Waals surface area (Å²) in [6, 6.07) is 9.99. The zero-order valence-corrected chi connectivity index (χ0v) is 16.3. The van der Waals surface area contributed by atoms with E-state index < -0.39 is 17.8 Å². The molecule has 9 heteroatoms. The monoisotopic (exact) mass is 457 g/mol. The summed E-state index contributed by atoms with van der Waals surface area (Å²) >= 11 is 4.46. The molecule has 6 nitrogen and oxygen atoms in total. The van der Waals surface area contributed by atoms with E-state index in [1.165, 1.54) is 16.5 Å². The number of rotatable bonds is 2. The summed E-state index contributed by atoms with van der Waals surface area (Å²) in [6.45, 7) is 0. The molecule has 1 aliphatic heterocycles. The molecular formula is C19H9BrFN3O3S. The van der Waals surface area contributed by atoms with E-state index in [0.29, 0.717) is 9.86 Å². The smallest absolute Gasteiger partial charge is 0.297 e. The largest absolute Gasteiger partial charge is 0.450 e. The molecule has 0 saturated heterocycles. The lowest BCUT2D eigenvalue weighted by molar-refractivity contribution is 0.0970. The van der Waals surface area contributed by atoms with Gasteiger partial charge in [-0.25, -0.2) is 4.39 Å². The van der Waals surface area contributed by atoms with Crippen molar-refractivity contribution >= 4 is 49.3 Å². The Morgan fingerprint density at radius 1 is 1.18 bits per heavy atom. The van der Waals surface area contributed by atoms with Crippen LogP contribution < -0.4 is 10.3 Å². The number of carbonyl (C=O) groups is 1. The lowest BCUT2D eigenvalue weighted by Crippen LogP contribution is -2.30. The van der Waals surface area contributed by atoms with Crippen LogP contribution in [0.1, 0.15) is 27.7 Å². The van der Waals surface area contributed by atoms with E-state index in [2.05, 4.69) is 26.1 Å². The highest BCUT2D eigenvalue weighted by molar-refractivity contribution is 9.10. The van der Waals surface area contributed by atoms with Crippen LogP contribution >= 0.6 is 27.3 Å². The molecule has 0 radical (unpaired) electrons. The third-order valence-corrected chi connectivity index (χ3v) is 5.77. The van der Waals surface area contributed by atoms with Gasteiger partial charge in [-0.15, -0.1) is 10.2 Å². The van der Waals surface area contributed by atoms with Crippen LogP contribution in [0.5, 0.6) is 0 Å². The predicted octanol–water partition coefficient (Wildman–Crippen LogP) is 4.30. The molecule has 0 bridgehead atoms. The van der Waals surface area contributed by atoms with E-state index >= 15 is 0 Å². The van der Waals surface area contributed by atoms with E-state index in [9.17, 15) is 14.0 Å². The quantitative estimate of drug-likeness (QED) is 0.448. The number of carbonyl (C=O) groups excluding carboxylic acids is 1. The Labute approximate surface area is 169 Å². The maximum Gasteiger partial charge on any atom is 0.297 e. The molecule has 2 aromatic heterocycles. The Hall–Kier alpha value is -2.91. The van der Waals surface area contributed by atoms with Crippen LogP contribution in [0.15, 0.2) is 61.7 Å². The number of benzene rings is 2. The molecule has 0 N–H and O–H groups in total. The topological polar surface area (TPSA) is 76.3 Å². The van der Waals surface area contributed by atoms with Crippen molar-refractivity contribution in [1.29, 1.82) is 0 Å². The van der Waals surface area contributed by atoms with Crippen LogP contribution in [0, 0.1) is 5.82 Å². The maximum absolute atomic E-state index is 14.7. The summed E-state index contributed by atoms with van der Waals surface area (Å²) in [5.41, 5.74) is 1.65. The van der Waals surface area contributed by atoms with Gasteiger partial charge in [0.05, 0.1) is 10.9 Å². The molecule has 28 heavy (non-hydrogen) atoms. The number of halogens is 2. The minimum absolute atomic E-state index is 0.0934. The average Bonchev–Trinajstić information content (AvgIpc) is 3.30. The first kappa shape index (κ1) is 17.2. The van der Waals surface area contributed by atoms with Gasteiger partial charge >= 0.3 is 0 Å². The zero-order chi connectivity index (χ0) is 19.4. The second-order valence-electron chi connectivity index (χ2n) is 6.13. The van der Waals surface area contributed by atoms with Gasteiger partial charge < -0.3 is 4.42 Å². The second kappa shape index (κ2) is 6.32. The first-order valence-corrected chi connectivity index (χ1v) is 9.84. The highest BCUT2D eigenvalue weighted by Gasteiger charge is 2.45. The summed E-state index contributed by atoms with van der Waals surface area (Å²) in [7, 11) is 0. The van der Waals surface area contributed by atoms with Crippen molar-refractivity contribution in [3.63, 3.8) is 0 Å². The van der Waals surface area contributed by atoms with Crippen molar-refractivity contribution in [2.75, 3.05) is 4.90 Å². The molecule has 0 fully saturated rings. The second-order valence-corrected chi connectivity index (χ2v) is 7.86. The maximum atomic E-state index is 14.7. The molecule has 4 aromatic rings. The summed E-state index contributed by atoms with van der Waals surface area (Å²) in [5, 5.41) is 8.29. The van der Waals surface area contributed by atoms with Gasteiger partial charge in [0.2, 0.25) is 10.9 Å². The van der Waals surface area contributed by atoms with Gasteiger partial charge in [-0.05, 0) is 24.3 Å². The number of nitrogens with zero attached hydrogens (tertiary/aromatic N) is 3. The molecule has 1 amide bonds. The van der Waals surface area contributed by atoms with Crippen LogP contribution in [0.4, 0.5) is 9.52 Å². The molecule has 1 atom stereocenters. The Morgan fingerprint density at radius 2 is 2.00 bits per heavy atom. The SMILES string of the molecule is O=C1c2oc3ccc(Br)cc3c(=O)c2C(c2ccccc2F)N1c1nncs1. The van der Waals surface area contributed by atoms with E-state index in [4.69, 9.17) is 4.42 Å². The molecule has 3 heterocycles. The molecular weight excluding hydrogens is 449 g/mol. The molecule has 0 saturated carbocycles. The fourth-order valence-electron chi connectivity index (χ4n) is 3.41. The van der Waals surface area contributed by atoms with Gasteiger partial charge in [0.15, 0.2) is 5.43 Å². The summed E-state index contributed by atoms with van der Waals surface area (Å²) in [5.74, 6) is -1.19. The number of aromatic nitrogens is 2. The molecule has 2 aromatic carbocycles. The lowest BCUT2D eigenvalue weighted by atomic mass is 9.98. The highest BCUT2D eigenvalue weighted by Crippen LogP contribution is 2.42. The van der Waals surface area contributed by atoms with Crippen molar-refractivity contribution in [2.24, 2.45) is 0 Å². The fourth-order valence-corrected chi connectivity index (χ4v) is 4.35. The molecule has 0 spiro atoms. The summed E-state index contributed by atoms with van der Waals surface area (Å²) in [6.07, 6.45) is 0. The minimum atomic E-state index is -0.990. The van der Waals surface area contributed by atoms with Gasteiger partial charge in [0.1, 0.15) is 23.0 Å². The van der Waals surface area contributed by atoms with Crippen LogP contribution in [-0.2, 0) is 0 Å². The third-order valence-electron chi connectivity index (χ3n) is 4.59. The number of fused-ring (bicyclic) bond motifs is 2. The highest BCUT2D eigenvalue weighted by atomic mass is 79.9. The third kappa shape index (κ3) is 2.43. The van der Waals surface area contributed by atoms with Gasteiger partial charge in [-0.3, -0.25) is 14.5 Å².